The van der Waals surface area contributed by atoms with Crippen molar-refractivity contribution in [2.24, 2.45) is 46.3 Å². The third-order valence-electron chi connectivity index (χ3n) is 11.5. The van der Waals surface area contributed by atoms with Gasteiger partial charge in [-0.3, -0.25) is 21.5 Å². The molecule has 39 heavy (non-hydrogen) atoms. The Morgan fingerprint density at radius 3 is 2.36 bits per heavy atom. The van der Waals surface area contributed by atoms with Gasteiger partial charge in [0.1, 0.15) is 11.9 Å². The lowest BCUT2D eigenvalue weighted by atomic mass is 9.43. The molecule has 4 rings (SSSR count). The van der Waals surface area contributed by atoms with Gasteiger partial charge < -0.3 is 19.5 Å². The Morgan fingerprint density at radius 1 is 1.03 bits per heavy atom. The van der Waals surface area contributed by atoms with E-state index in [0.29, 0.717) is 41.9 Å². The molecule has 4 fully saturated rings. The van der Waals surface area contributed by atoms with Gasteiger partial charge in [0.05, 0.1) is 6.10 Å². The summed E-state index contributed by atoms with van der Waals surface area (Å²) in [6.07, 6.45) is 8.41. The Kier molecular flexibility index (Phi) is 8.70. The van der Waals surface area contributed by atoms with Crippen molar-refractivity contribution in [3.8, 4) is 0 Å². The number of carbonyl (C=O) groups excluding carboxylic acids is 2. The van der Waals surface area contributed by atoms with E-state index in [2.05, 4.69) is 31.4 Å². The molecule has 9 nitrogen and oxygen atoms in total. The largest absolute Gasteiger partial charge is 0.446 e. The number of nitrogens with one attached hydrogen (secondary N) is 4. The topological polar surface area (TPSA) is 139 Å². The smallest absolute Gasteiger partial charge is 0.414 e. The zero-order chi connectivity index (χ0) is 28.7. The molecule has 0 aromatic rings. The third kappa shape index (κ3) is 5.84. The minimum absolute atomic E-state index is 0.00200. The van der Waals surface area contributed by atoms with Crippen molar-refractivity contribution < 1.29 is 19.4 Å². The van der Waals surface area contributed by atoms with Gasteiger partial charge in [-0.05, 0) is 111 Å². The Morgan fingerprint density at radius 2 is 1.69 bits per heavy atom. The SMILES string of the molecule is CC(=O)CC[C@@H](C)[C@H]1CC[C@H]2[C@@H]3[C@H](O)C[C@@H]4C[C@H](OC(=O)NC(=N)NC(=N)N(C)C)CC[C@]4(C)[C@H]3CC[C@]12C. The van der Waals surface area contributed by atoms with Crippen molar-refractivity contribution in [1.82, 2.24) is 15.5 Å². The number of aliphatic hydroxyl groups excluding tert-OH is 1. The standard InChI is InChI=1S/C30H51N5O4/c1-17(7-8-18(2)36)21-9-10-22-25-23(12-14-30(21,22)4)29(3)13-11-20(15-19(29)16-24(25)37)39-28(38)34-26(31)33-27(32)35(5)6/h17,19-25,37H,7-16H2,1-6H3,(H4,31,32,33,34,38)/t17-,19+,20-,21-,22+,23+,24-,25+,29+,30-/m1/s1. The molecule has 5 N–H and O–H groups in total. The van der Waals surface area contributed by atoms with Crippen LogP contribution in [0.1, 0.15) is 91.9 Å². The number of alkyl carbamates (subject to hydrolysis) is 1. The second-order valence-corrected chi connectivity index (χ2v) is 13.9. The molecule has 0 aliphatic heterocycles. The van der Waals surface area contributed by atoms with Gasteiger partial charge >= 0.3 is 6.09 Å². The maximum Gasteiger partial charge on any atom is 0.414 e. The van der Waals surface area contributed by atoms with Crippen LogP contribution in [0.25, 0.3) is 0 Å². The van der Waals surface area contributed by atoms with Crippen LogP contribution in [0.5, 0.6) is 0 Å². The normalized spacial score (nSPS) is 39.8. The Balaban J connectivity index is 1.38. The molecule has 4 aliphatic rings. The van der Waals surface area contributed by atoms with Crippen molar-refractivity contribution in [2.75, 3.05) is 14.1 Å². The Bertz CT molecular complexity index is 971. The van der Waals surface area contributed by atoms with Crippen LogP contribution in [0.4, 0.5) is 4.79 Å². The molecule has 0 aromatic heterocycles. The van der Waals surface area contributed by atoms with E-state index in [9.17, 15) is 14.7 Å². The third-order valence-corrected chi connectivity index (χ3v) is 11.5. The second-order valence-electron chi connectivity index (χ2n) is 13.9. The van der Waals surface area contributed by atoms with Crippen molar-refractivity contribution in [3.63, 3.8) is 0 Å². The van der Waals surface area contributed by atoms with E-state index in [-0.39, 0.29) is 40.7 Å². The highest BCUT2D eigenvalue weighted by Gasteiger charge is 2.63. The lowest BCUT2D eigenvalue weighted by Gasteiger charge is -2.62. The lowest BCUT2D eigenvalue weighted by molar-refractivity contribution is -0.174. The first-order valence-corrected chi connectivity index (χ1v) is 15.0. The molecule has 4 saturated carbocycles. The lowest BCUT2D eigenvalue weighted by Crippen LogP contribution is -2.59. The molecule has 220 valence electrons. The van der Waals surface area contributed by atoms with Crippen molar-refractivity contribution >= 4 is 23.8 Å². The number of rotatable bonds is 5. The molecule has 0 spiro atoms. The number of guanidine groups is 2. The molecule has 0 bridgehead atoms. The molecule has 0 heterocycles. The molecular weight excluding hydrogens is 494 g/mol. The van der Waals surface area contributed by atoms with Crippen LogP contribution in [0.2, 0.25) is 0 Å². The maximum absolute atomic E-state index is 12.5. The van der Waals surface area contributed by atoms with Crippen LogP contribution in [0.15, 0.2) is 0 Å². The van der Waals surface area contributed by atoms with Crippen molar-refractivity contribution in [2.45, 2.75) is 104 Å². The van der Waals surface area contributed by atoms with E-state index < -0.39 is 6.09 Å². The summed E-state index contributed by atoms with van der Waals surface area (Å²) in [7, 11) is 3.36. The molecule has 4 aliphatic carbocycles. The highest BCUT2D eigenvalue weighted by molar-refractivity contribution is 6.01. The van der Waals surface area contributed by atoms with Gasteiger partial charge in [-0.1, -0.05) is 20.8 Å². The number of ether oxygens (including phenoxy) is 1. The number of nitrogens with zero attached hydrogens (tertiary/aromatic N) is 1. The van der Waals surface area contributed by atoms with E-state index >= 15 is 0 Å². The molecule has 0 unspecified atom stereocenters. The van der Waals surface area contributed by atoms with Crippen molar-refractivity contribution in [3.05, 3.63) is 0 Å². The summed E-state index contributed by atoms with van der Waals surface area (Å²) in [6.45, 7) is 8.94. The predicted molar refractivity (Wildman–Crippen MR) is 151 cm³/mol. The van der Waals surface area contributed by atoms with Crippen LogP contribution >= 0.6 is 0 Å². The molecule has 1 amide bonds. The molecule has 0 saturated heterocycles. The molecule has 0 radical (unpaired) electrons. The summed E-state index contributed by atoms with van der Waals surface area (Å²) in [5.74, 6) is 2.81. The van der Waals surface area contributed by atoms with Gasteiger partial charge in [0, 0.05) is 20.5 Å². The van der Waals surface area contributed by atoms with E-state index in [1.54, 1.807) is 21.0 Å². The maximum atomic E-state index is 12.5. The first-order chi connectivity index (χ1) is 18.3. The monoisotopic (exact) mass is 545 g/mol. The van der Waals surface area contributed by atoms with Crippen LogP contribution < -0.4 is 10.6 Å². The minimum Gasteiger partial charge on any atom is -0.446 e. The Labute approximate surface area is 234 Å². The van der Waals surface area contributed by atoms with E-state index in [1.807, 2.05) is 0 Å². The zero-order valence-corrected chi connectivity index (χ0v) is 24.8. The van der Waals surface area contributed by atoms with Crippen LogP contribution in [-0.2, 0) is 9.53 Å². The number of aliphatic hydroxyl groups is 1. The van der Waals surface area contributed by atoms with Crippen LogP contribution in [0.3, 0.4) is 0 Å². The summed E-state index contributed by atoms with van der Waals surface area (Å²) in [4.78, 5) is 25.6. The summed E-state index contributed by atoms with van der Waals surface area (Å²) < 4.78 is 5.71. The van der Waals surface area contributed by atoms with Gasteiger partial charge in [0.25, 0.3) is 0 Å². The number of Topliss-reactive ketones (excluding diaryl/α,β-unsaturated/α-hetero) is 1. The quantitative estimate of drug-likeness (QED) is 0.250. The van der Waals surface area contributed by atoms with Gasteiger partial charge in [-0.2, -0.15) is 0 Å². The predicted octanol–water partition coefficient (Wildman–Crippen LogP) is 4.74. The molecule has 10 atom stereocenters. The number of hydrogen-bond acceptors (Lipinski definition) is 6. The fraction of sp³-hybridized carbons (Fsp3) is 0.867. The fourth-order valence-corrected chi connectivity index (χ4v) is 9.44. The first-order valence-electron chi connectivity index (χ1n) is 15.0. The molecule has 0 aromatic carbocycles. The van der Waals surface area contributed by atoms with E-state index in [4.69, 9.17) is 15.6 Å². The number of ketones is 1. The van der Waals surface area contributed by atoms with Gasteiger partial charge in [0.2, 0.25) is 5.96 Å². The zero-order valence-electron chi connectivity index (χ0n) is 24.8. The first kappa shape index (κ1) is 29.8. The fourth-order valence-electron chi connectivity index (χ4n) is 9.44. The summed E-state index contributed by atoms with van der Waals surface area (Å²) in [6, 6.07) is 0. The number of hydrogen-bond donors (Lipinski definition) is 5. The average Bonchev–Trinajstić information content (AvgIpc) is 3.20. The van der Waals surface area contributed by atoms with Crippen LogP contribution in [0, 0.1) is 57.2 Å². The summed E-state index contributed by atoms with van der Waals surface area (Å²) in [5.41, 5.74) is 0.371. The second kappa shape index (κ2) is 11.4. The van der Waals surface area contributed by atoms with Crippen molar-refractivity contribution in [1.29, 1.82) is 10.8 Å². The number of amides is 1. The van der Waals surface area contributed by atoms with Gasteiger partial charge in [-0.15, -0.1) is 0 Å². The summed E-state index contributed by atoms with van der Waals surface area (Å²) in [5, 5.41) is 32.1. The van der Waals surface area contributed by atoms with Crippen LogP contribution in [-0.4, -0.2) is 60.1 Å². The minimum atomic E-state index is -0.675. The molecular formula is C30H51N5O4. The highest BCUT2D eigenvalue weighted by atomic mass is 16.6. The Hall–Kier alpha value is -2.16. The number of fused-ring (bicyclic) bond motifs is 5. The van der Waals surface area contributed by atoms with Gasteiger partial charge in [-0.25, -0.2) is 4.79 Å². The average molecular weight is 546 g/mol. The number of carbonyl (C=O) groups is 2. The van der Waals surface area contributed by atoms with E-state index in [1.165, 1.54) is 24.2 Å². The van der Waals surface area contributed by atoms with E-state index in [0.717, 1.165) is 38.5 Å². The summed E-state index contributed by atoms with van der Waals surface area (Å²) >= 11 is 0. The van der Waals surface area contributed by atoms with Gasteiger partial charge in [0.15, 0.2) is 5.96 Å². The highest BCUT2D eigenvalue weighted by Crippen LogP contribution is 2.68. The molecule has 9 heteroatoms.